The monoisotopic (exact) mass is 277 g/mol. The van der Waals surface area contributed by atoms with Gasteiger partial charge in [0.15, 0.2) is 0 Å². The number of nitrogens with zero attached hydrogens (tertiary/aromatic N) is 1. The van der Waals surface area contributed by atoms with Crippen LogP contribution in [0.25, 0.3) is 0 Å². The Morgan fingerprint density at radius 1 is 1.25 bits per heavy atom. The second kappa shape index (κ2) is 5.66. The SMILES string of the molecule is CC(O)c1cc(F)ccc1Oc1ccccc1[N+](=O)[O-]. The third-order valence-corrected chi connectivity index (χ3v) is 2.70. The van der Waals surface area contributed by atoms with Crippen molar-refractivity contribution in [3.63, 3.8) is 0 Å². The molecule has 6 heteroatoms. The Labute approximate surface area is 114 Å². The average molecular weight is 277 g/mol. The lowest BCUT2D eigenvalue weighted by atomic mass is 10.1. The molecule has 0 saturated heterocycles. The largest absolute Gasteiger partial charge is 0.450 e. The van der Waals surface area contributed by atoms with Crippen molar-refractivity contribution in [2.45, 2.75) is 13.0 Å². The van der Waals surface area contributed by atoms with Gasteiger partial charge in [-0.3, -0.25) is 10.1 Å². The van der Waals surface area contributed by atoms with E-state index >= 15 is 0 Å². The topological polar surface area (TPSA) is 72.6 Å². The zero-order valence-electron chi connectivity index (χ0n) is 10.6. The smallest absolute Gasteiger partial charge is 0.311 e. The molecular formula is C14H12FNO4. The van der Waals surface area contributed by atoms with Gasteiger partial charge < -0.3 is 9.84 Å². The summed E-state index contributed by atoms with van der Waals surface area (Å²) in [5.74, 6) is -0.308. The van der Waals surface area contributed by atoms with Crippen LogP contribution in [0.3, 0.4) is 0 Å². The fourth-order valence-electron chi connectivity index (χ4n) is 1.75. The maximum Gasteiger partial charge on any atom is 0.311 e. The van der Waals surface area contributed by atoms with Gasteiger partial charge in [0, 0.05) is 11.6 Å². The number of ether oxygens (including phenoxy) is 1. The normalized spacial score (nSPS) is 11.9. The molecule has 20 heavy (non-hydrogen) atoms. The molecule has 2 aromatic carbocycles. The number of aliphatic hydroxyl groups excluding tert-OH is 1. The summed E-state index contributed by atoms with van der Waals surface area (Å²) in [6, 6.07) is 9.48. The van der Waals surface area contributed by atoms with Crippen LogP contribution in [-0.4, -0.2) is 10.0 Å². The maximum absolute atomic E-state index is 13.2. The van der Waals surface area contributed by atoms with Gasteiger partial charge >= 0.3 is 5.69 Å². The standard InChI is InChI=1S/C14H12FNO4/c1-9(17)11-8-10(15)6-7-13(11)20-14-5-3-2-4-12(14)16(18)19/h2-9,17H,1H3. The first-order chi connectivity index (χ1) is 9.49. The van der Waals surface area contributed by atoms with Gasteiger partial charge in [-0.05, 0) is 31.2 Å². The highest BCUT2D eigenvalue weighted by atomic mass is 19.1. The zero-order chi connectivity index (χ0) is 14.7. The first kappa shape index (κ1) is 14.0. The third-order valence-electron chi connectivity index (χ3n) is 2.70. The fraction of sp³-hybridized carbons (Fsp3) is 0.143. The highest BCUT2D eigenvalue weighted by Crippen LogP contribution is 2.34. The van der Waals surface area contributed by atoms with Crippen molar-refractivity contribution in [3.05, 3.63) is 64.0 Å². The summed E-state index contributed by atoms with van der Waals surface area (Å²) in [7, 11) is 0. The molecule has 104 valence electrons. The van der Waals surface area contributed by atoms with Gasteiger partial charge in [-0.2, -0.15) is 0 Å². The molecule has 0 spiro atoms. The molecule has 1 N–H and O–H groups in total. The number of benzene rings is 2. The van der Waals surface area contributed by atoms with Crippen molar-refractivity contribution >= 4 is 5.69 Å². The molecule has 0 radical (unpaired) electrons. The number of para-hydroxylation sites is 2. The number of hydrogen-bond acceptors (Lipinski definition) is 4. The van der Waals surface area contributed by atoms with Crippen LogP contribution in [-0.2, 0) is 0 Å². The molecule has 0 fully saturated rings. The number of nitro benzene ring substituents is 1. The van der Waals surface area contributed by atoms with E-state index in [1.54, 1.807) is 6.07 Å². The Morgan fingerprint density at radius 3 is 2.60 bits per heavy atom. The van der Waals surface area contributed by atoms with Crippen molar-refractivity contribution in [1.29, 1.82) is 0 Å². The molecular weight excluding hydrogens is 265 g/mol. The van der Waals surface area contributed by atoms with Crippen molar-refractivity contribution in [2.24, 2.45) is 0 Å². The Bertz CT molecular complexity index is 643. The molecule has 0 aliphatic carbocycles. The van der Waals surface area contributed by atoms with Crippen molar-refractivity contribution in [2.75, 3.05) is 0 Å². The van der Waals surface area contributed by atoms with Gasteiger partial charge in [-0.15, -0.1) is 0 Å². The molecule has 0 aliphatic heterocycles. The number of nitro groups is 1. The highest BCUT2D eigenvalue weighted by Gasteiger charge is 2.17. The van der Waals surface area contributed by atoms with Crippen LogP contribution in [0.1, 0.15) is 18.6 Å². The fourth-order valence-corrected chi connectivity index (χ4v) is 1.75. The van der Waals surface area contributed by atoms with Crippen LogP contribution in [0.15, 0.2) is 42.5 Å². The second-order valence-corrected chi connectivity index (χ2v) is 4.19. The predicted octanol–water partition coefficient (Wildman–Crippen LogP) is 3.58. The molecule has 1 atom stereocenters. The second-order valence-electron chi connectivity index (χ2n) is 4.19. The Hall–Kier alpha value is -2.47. The third kappa shape index (κ3) is 2.92. The lowest BCUT2D eigenvalue weighted by Crippen LogP contribution is -1.99. The number of hydrogen-bond donors (Lipinski definition) is 1. The van der Waals surface area contributed by atoms with Gasteiger partial charge in [-0.25, -0.2) is 4.39 Å². The van der Waals surface area contributed by atoms with Crippen LogP contribution in [0.4, 0.5) is 10.1 Å². The summed E-state index contributed by atoms with van der Waals surface area (Å²) in [4.78, 5) is 10.3. The van der Waals surface area contributed by atoms with Gasteiger partial charge in [-0.1, -0.05) is 12.1 Å². The molecule has 0 amide bonds. The summed E-state index contributed by atoms with van der Waals surface area (Å²) in [5, 5.41) is 20.5. The Balaban J connectivity index is 2.43. The molecule has 0 aliphatic rings. The summed E-state index contributed by atoms with van der Waals surface area (Å²) < 4.78 is 18.6. The van der Waals surface area contributed by atoms with Crippen molar-refractivity contribution in [1.82, 2.24) is 0 Å². The van der Waals surface area contributed by atoms with E-state index in [2.05, 4.69) is 0 Å². The molecule has 5 nitrogen and oxygen atoms in total. The van der Waals surface area contributed by atoms with Crippen LogP contribution in [0.5, 0.6) is 11.5 Å². The van der Waals surface area contributed by atoms with E-state index in [1.807, 2.05) is 0 Å². The Kier molecular flexibility index (Phi) is 3.95. The van der Waals surface area contributed by atoms with Gasteiger partial charge in [0.2, 0.25) is 5.75 Å². The summed E-state index contributed by atoms with van der Waals surface area (Å²) in [5.41, 5.74) is 0.0246. The molecule has 0 aromatic heterocycles. The average Bonchev–Trinajstić information content (AvgIpc) is 2.41. The van der Waals surface area contributed by atoms with Crippen LogP contribution in [0, 0.1) is 15.9 Å². The molecule has 1 unspecified atom stereocenters. The Morgan fingerprint density at radius 2 is 1.95 bits per heavy atom. The lowest BCUT2D eigenvalue weighted by molar-refractivity contribution is -0.385. The van der Waals surface area contributed by atoms with E-state index in [1.165, 1.54) is 31.2 Å². The van der Waals surface area contributed by atoms with Crippen LogP contribution >= 0.6 is 0 Å². The van der Waals surface area contributed by atoms with E-state index in [-0.39, 0.29) is 22.7 Å². The van der Waals surface area contributed by atoms with E-state index < -0.39 is 16.8 Å². The highest BCUT2D eigenvalue weighted by molar-refractivity contribution is 5.49. The van der Waals surface area contributed by atoms with Crippen LogP contribution < -0.4 is 4.74 Å². The zero-order valence-corrected chi connectivity index (χ0v) is 10.6. The van der Waals surface area contributed by atoms with Gasteiger partial charge in [0.25, 0.3) is 0 Å². The maximum atomic E-state index is 13.2. The summed E-state index contributed by atoms with van der Waals surface area (Å²) in [6.07, 6.45) is -0.955. The summed E-state index contributed by atoms with van der Waals surface area (Å²) >= 11 is 0. The van der Waals surface area contributed by atoms with Gasteiger partial charge in [0.1, 0.15) is 11.6 Å². The number of aliphatic hydroxyl groups is 1. The lowest BCUT2D eigenvalue weighted by Gasteiger charge is -2.13. The minimum absolute atomic E-state index is 0.0333. The first-order valence-corrected chi connectivity index (χ1v) is 5.88. The quantitative estimate of drug-likeness (QED) is 0.684. The molecule has 2 rings (SSSR count). The number of halogens is 1. The molecule has 2 aromatic rings. The van der Waals surface area contributed by atoms with E-state index in [9.17, 15) is 19.6 Å². The van der Waals surface area contributed by atoms with Crippen LogP contribution in [0.2, 0.25) is 0 Å². The van der Waals surface area contributed by atoms with E-state index in [0.29, 0.717) is 0 Å². The molecule has 0 saturated carbocycles. The minimum atomic E-state index is -0.955. The van der Waals surface area contributed by atoms with Gasteiger partial charge in [0.05, 0.1) is 11.0 Å². The number of rotatable bonds is 4. The molecule has 0 bridgehead atoms. The summed E-state index contributed by atoms with van der Waals surface area (Å²) in [6.45, 7) is 1.46. The van der Waals surface area contributed by atoms with E-state index in [0.717, 1.165) is 12.1 Å². The van der Waals surface area contributed by atoms with Crippen molar-refractivity contribution < 1.29 is 19.2 Å². The van der Waals surface area contributed by atoms with Crippen molar-refractivity contribution in [3.8, 4) is 11.5 Å². The predicted molar refractivity (Wildman–Crippen MR) is 70.2 cm³/mol. The van der Waals surface area contributed by atoms with E-state index in [4.69, 9.17) is 4.74 Å². The molecule has 0 heterocycles. The first-order valence-electron chi connectivity index (χ1n) is 5.88. The minimum Gasteiger partial charge on any atom is -0.450 e.